The number of carboxylic acids is 3. The van der Waals surface area contributed by atoms with Crippen LogP contribution >= 0.6 is 37.9 Å². The van der Waals surface area contributed by atoms with Gasteiger partial charge in [-0.15, -0.1) is 0 Å². The Morgan fingerprint density at radius 2 is 0.700 bits per heavy atom. The van der Waals surface area contributed by atoms with Crippen molar-refractivity contribution in [1.29, 1.82) is 0 Å². The summed E-state index contributed by atoms with van der Waals surface area (Å²) in [6.07, 6.45) is 1.59. The van der Waals surface area contributed by atoms with Crippen LogP contribution in [-0.4, -0.2) is 47.5 Å². The first-order chi connectivity index (χ1) is 12.8. The maximum absolute atomic E-state index is 9.97. The Labute approximate surface area is 199 Å². The number of carboxylic acid groups (broad SMARTS) is 3. The molecule has 0 atom stereocenters. The highest BCUT2D eigenvalue weighted by Gasteiger charge is 2.16. The predicted molar refractivity (Wildman–Crippen MR) is 136 cm³/mol. The van der Waals surface area contributed by atoms with Crippen LogP contribution in [0.25, 0.3) is 0 Å². The summed E-state index contributed by atoms with van der Waals surface area (Å²) >= 11 is 12.0. The molecule has 9 heteroatoms. The van der Waals surface area contributed by atoms with Crippen LogP contribution in [0.4, 0.5) is 0 Å². The summed E-state index contributed by atoms with van der Waals surface area (Å²) in [5, 5.41) is 24.6. The molecular formula is C21H44O6S3. The molecule has 0 aliphatic heterocycles. The molecule has 30 heavy (non-hydrogen) atoms. The maximum Gasteiger partial charge on any atom is 0.304 e. The second-order valence-corrected chi connectivity index (χ2v) is 13.7. The molecular weight excluding hydrogens is 444 g/mol. The normalized spacial score (nSPS) is 11.5. The Bertz CT molecular complexity index is 431. The Morgan fingerprint density at radius 3 is 0.700 bits per heavy atom. The Morgan fingerprint density at radius 1 is 0.567 bits per heavy atom. The number of rotatable bonds is 6. The van der Waals surface area contributed by atoms with Gasteiger partial charge in [0.1, 0.15) is 0 Å². The fourth-order valence-electron chi connectivity index (χ4n) is 1.11. The average molecular weight is 489 g/mol. The van der Waals surface area contributed by atoms with Crippen LogP contribution in [0.2, 0.25) is 0 Å². The van der Waals surface area contributed by atoms with E-state index in [1.165, 1.54) is 6.42 Å². The molecule has 6 nitrogen and oxygen atoms in total. The zero-order valence-corrected chi connectivity index (χ0v) is 22.9. The minimum absolute atomic E-state index is 0.107. The van der Waals surface area contributed by atoms with E-state index in [0.29, 0.717) is 5.41 Å². The highest BCUT2D eigenvalue weighted by Crippen LogP contribution is 2.17. The van der Waals surface area contributed by atoms with Crippen LogP contribution in [-0.2, 0) is 14.4 Å². The molecule has 0 fully saturated rings. The van der Waals surface area contributed by atoms with Gasteiger partial charge in [-0.1, -0.05) is 75.7 Å². The standard InChI is InChI=1S/C6H14.3C5H10O2S/c1-5-6(2,3)4;3*1-5(2,8)3-4(6)7/h5H2,1-4H3;3*8H,3H2,1-2H3,(H,6,7). The summed E-state index contributed by atoms with van der Waals surface area (Å²) in [4.78, 5) is 29.9. The van der Waals surface area contributed by atoms with Crippen molar-refractivity contribution in [2.24, 2.45) is 5.41 Å². The molecule has 182 valence electrons. The van der Waals surface area contributed by atoms with Crippen molar-refractivity contribution in [3.8, 4) is 0 Å². The predicted octanol–water partition coefficient (Wildman–Crippen LogP) is 5.95. The highest BCUT2D eigenvalue weighted by atomic mass is 32.1. The van der Waals surface area contributed by atoms with Gasteiger partial charge in [0.2, 0.25) is 0 Å². The van der Waals surface area contributed by atoms with Crippen LogP contribution in [0.3, 0.4) is 0 Å². The number of aliphatic carboxylic acids is 3. The van der Waals surface area contributed by atoms with Gasteiger partial charge in [-0.2, -0.15) is 37.9 Å². The lowest BCUT2D eigenvalue weighted by molar-refractivity contribution is -0.138. The van der Waals surface area contributed by atoms with Crippen LogP contribution in [0, 0.1) is 5.41 Å². The zero-order chi connectivity index (χ0) is 25.6. The van der Waals surface area contributed by atoms with Gasteiger partial charge >= 0.3 is 17.9 Å². The molecule has 0 aromatic carbocycles. The first-order valence-electron chi connectivity index (χ1n) is 9.64. The van der Waals surface area contributed by atoms with Crippen molar-refractivity contribution < 1.29 is 29.7 Å². The van der Waals surface area contributed by atoms with Crippen LogP contribution < -0.4 is 0 Å². The van der Waals surface area contributed by atoms with Crippen molar-refractivity contribution in [3.63, 3.8) is 0 Å². The quantitative estimate of drug-likeness (QED) is 0.258. The second-order valence-electron chi connectivity index (χ2n) is 10.1. The summed E-state index contributed by atoms with van der Waals surface area (Å²) in [6, 6.07) is 0. The number of hydrogen-bond acceptors (Lipinski definition) is 6. The molecule has 0 bridgehead atoms. The van der Waals surface area contributed by atoms with E-state index in [-0.39, 0.29) is 33.5 Å². The summed E-state index contributed by atoms with van der Waals surface area (Å²) in [7, 11) is 0. The van der Waals surface area contributed by atoms with Crippen LogP contribution in [0.15, 0.2) is 0 Å². The summed E-state index contributed by atoms with van der Waals surface area (Å²) in [5.41, 5.74) is 0.542. The summed E-state index contributed by atoms with van der Waals surface area (Å²) in [5.74, 6) is -2.40. The van der Waals surface area contributed by atoms with E-state index in [1.807, 2.05) is 0 Å². The van der Waals surface area contributed by atoms with Gasteiger partial charge in [0, 0.05) is 14.2 Å². The van der Waals surface area contributed by atoms with Gasteiger partial charge < -0.3 is 15.3 Å². The molecule has 0 aromatic heterocycles. The Hall–Kier alpha value is -0.540. The van der Waals surface area contributed by atoms with Crippen LogP contribution in [0.5, 0.6) is 0 Å². The van der Waals surface area contributed by atoms with E-state index < -0.39 is 17.9 Å². The van der Waals surface area contributed by atoms with E-state index in [1.54, 1.807) is 41.5 Å². The molecule has 0 spiro atoms. The van der Waals surface area contributed by atoms with Gasteiger partial charge in [-0.3, -0.25) is 14.4 Å². The largest absolute Gasteiger partial charge is 0.481 e. The van der Waals surface area contributed by atoms with E-state index in [0.717, 1.165) is 0 Å². The smallest absolute Gasteiger partial charge is 0.304 e. The van der Waals surface area contributed by atoms with E-state index in [2.05, 4.69) is 65.6 Å². The van der Waals surface area contributed by atoms with Gasteiger partial charge in [0.25, 0.3) is 0 Å². The topological polar surface area (TPSA) is 112 Å². The summed E-state index contributed by atoms with van der Waals surface area (Å²) < 4.78 is -1.15. The lowest BCUT2D eigenvalue weighted by atomic mass is 9.94. The fourth-order valence-corrected chi connectivity index (χ4v) is 1.52. The lowest BCUT2D eigenvalue weighted by Gasteiger charge is -2.12. The van der Waals surface area contributed by atoms with E-state index in [4.69, 9.17) is 15.3 Å². The van der Waals surface area contributed by atoms with Crippen molar-refractivity contribution in [2.75, 3.05) is 0 Å². The maximum atomic E-state index is 9.97. The van der Waals surface area contributed by atoms with Crippen molar-refractivity contribution in [2.45, 2.75) is 109 Å². The first kappa shape index (κ1) is 36.8. The van der Waals surface area contributed by atoms with Gasteiger partial charge in [-0.05, 0) is 5.41 Å². The number of thiol groups is 3. The molecule has 0 radical (unpaired) electrons. The molecule has 0 amide bonds. The SMILES string of the molecule is CC(C)(S)CC(=O)O.CC(C)(S)CC(=O)O.CC(C)(S)CC(=O)O.CCC(C)(C)C. The molecule has 3 N–H and O–H groups in total. The zero-order valence-electron chi connectivity index (χ0n) is 20.2. The molecule has 0 saturated heterocycles. The van der Waals surface area contributed by atoms with Gasteiger partial charge in [0.05, 0.1) is 19.3 Å². The molecule has 0 rings (SSSR count). The van der Waals surface area contributed by atoms with Crippen molar-refractivity contribution in [1.82, 2.24) is 0 Å². The van der Waals surface area contributed by atoms with Gasteiger partial charge in [-0.25, -0.2) is 0 Å². The second kappa shape index (κ2) is 16.1. The number of carbonyl (C=O) groups is 3. The minimum Gasteiger partial charge on any atom is -0.481 e. The van der Waals surface area contributed by atoms with E-state index in [9.17, 15) is 14.4 Å². The highest BCUT2D eigenvalue weighted by molar-refractivity contribution is 7.82. The molecule has 0 aliphatic rings. The Kier molecular flexibility index (Phi) is 19.8. The number of hydrogen-bond donors (Lipinski definition) is 6. The van der Waals surface area contributed by atoms with Crippen molar-refractivity contribution in [3.05, 3.63) is 0 Å². The van der Waals surface area contributed by atoms with Crippen molar-refractivity contribution >= 4 is 55.8 Å². The molecule has 0 heterocycles. The fraction of sp³-hybridized carbons (Fsp3) is 0.857. The monoisotopic (exact) mass is 488 g/mol. The first-order valence-corrected chi connectivity index (χ1v) is 11.0. The third-order valence-corrected chi connectivity index (χ3v) is 3.29. The average Bonchev–Trinajstić information content (AvgIpc) is 2.30. The molecule has 0 unspecified atom stereocenters. The minimum atomic E-state index is -0.801. The third kappa shape index (κ3) is 63.1. The Balaban J connectivity index is -0.000000151. The summed E-state index contributed by atoms with van der Waals surface area (Å²) in [6.45, 7) is 19.5. The van der Waals surface area contributed by atoms with E-state index >= 15 is 0 Å². The van der Waals surface area contributed by atoms with Gasteiger partial charge in [0.15, 0.2) is 0 Å². The molecule has 0 aromatic rings. The van der Waals surface area contributed by atoms with Crippen LogP contribution in [0.1, 0.15) is 94.9 Å². The lowest BCUT2D eigenvalue weighted by Crippen LogP contribution is -2.15. The molecule has 0 saturated carbocycles. The molecule has 0 aliphatic carbocycles. The third-order valence-electron chi connectivity index (χ3n) is 2.81.